The van der Waals surface area contributed by atoms with E-state index < -0.39 is 0 Å². The van der Waals surface area contributed by atoms with Crippen molar-refractivity contribution >= 4 is 17.2 Å². The molecule has 0 fully saturated rings. The molecule has 15 heavy (non-hydrogen) atoms. The normalized spacial score (nSPS) is 11.8. The van der Waals surface area contributed by atoms with Gasteiger partial charge in [0.1, 0.15) is 6.04 Å². The molecule has 1 aromatic heterocycles. The van der Waals surface area contributed by atoms with E-state index in [-0.39, 0.29) is 11.9 Å². The molecule has 0 aliphatic carbocycles. The lowest BCUT2D eigenvalue weighted by atomic mass is 10.2. The van der Waals surface area contributed by atoms with E-state index in [0.29, 0.717) is 11.3 Å². The van der Waals surface area contributed by atoms with Gasteiger partial charge in [0.25, 0.3) is 5.91 Å². The number of thiophene rings is 1. The van der Waals surface area contributed by atoms with Crippen LogP contribution in [-0.4, -0.2) is 11.9 Å². The van der Waals surface area contributed by atoms with Crippen molar-refractivity contribution in [3.05, 3.63) is 21.9 Å². The molecule has 3 nitrogen and oxygen atoms in total. The summed E-state index contributed by atoms with van der Waals surface area (Å²) in [7, 11) is 0. The first-order chi connectivity index (χ1) is 7.17. The van der Waals surface area contributed by atoms with Gasteiger partial charge in [0.2, 0.25) is 0 Å². The van der Waals surface area contributed by atoms with E-state index in [4.69, 9.17) is 5.26 Å². The molecular weight excluding hydrogens is 208 g/mol. The summed E-state index contributed by atoms with van der Waals surface area (Å²) in [5, 5.41) is 11.5. The minimum atomic E-state index is -0.370. The van der Waals surface area contributed by atoms with Gasteiger partial charge in [-0.2, -0.15) is 5.26 Å². The van der Waals surface area contributed by atoms with Gasteiger partial charge >= 0.3 is 0 Å². The van der Waals surface area contributed by atoms with Gasteiger partial charge in [0.15, 0.2) is 0 Å². The lowest BCUT2D eigenvalue weighted by molar-refractivity contribution is 0.0948. The maximum Gasteiger partial charge on any atom is 0.262 e. The van der Waals surface area contributed by atoms with E-state index in [9.17, 15) is 4.79 Å². The molecule has 0 saturated carbocycles. The van der Waals surface area contributed by atoms with Crippen molar-refractivity contribution in [3.63, 3.8) is 0 Å². The molecule has 0 spiro atoms. The van der Waals surface area contributed by atoms with Crippen LogP contribution in [0.3, 0.4) is 0 Å². The minimum absolute atomic E-state index is 0.145. The summed E-state index contributed by atoms with van der Waals surface area (Å²) in [6.07, 6.45) is 1.59. The van der Waals surface area contributed by atoms with E-state index in [1.54, 1.807) is 6.07 Å². The monoisotopic (exact) mass is 222 g/mol. The molecule has 1 atom stereocenters. The summed E-state index contributed by atoms with van der Waals surface area (Å²) in [5.74, 6) is -0.145. The first kappa shape index (κ1) is 11.7. The molecular formula is C11H14N2OS. The number of nitrogens with one attached hydrogen (secondary N) is 1. The second kappa shape index (κ2) is 5.52. The molecule has 1 unspecified atom stereocenters. The Morgan fingerprint density at radius 3 is 2.87 bits per heavy atom. The van der Waals surface area contributed by atoms with E-state index in [2.05, 4.69) is 11.4 Å². The Balaban J connectivity index is 2.59. The second-order valence-electron chi connectivity index (χ2n) is 3.35. The summed E-state index contributed by atoms with van der Waals surface area (Å²) < 4.78 is 0. The molecule has 1 rings (SSSR count). The highest BCUT2D eigenvalue weighted by molar-refractivity contribution is 7.13. The zero-order valence-corrected chi connectivity index (χ0v) is 9.73. The number of nitriles is 1. The van der Waals surface area contributed by atoms with Crippen molar-refractivity contribution in [2.24, 2.45) is 0 Å². The summed E-state index contributed by atoms with van der Waals surface area (Å²) in [4.78, 5) is 13.4. The predicted molar refractivity (Wildman–Crippen MR) is 60.8 cm³/mol. The van der Waals surface area contributed by atoms with E-state index >= 15 is 0 Å². The second-order valence-corrected chi connectivity index (χ2v) is 4.64. The number of amides is 1. The lowest BCUT2D eigenvalue weighted by Crippen LogP contribution is -2.33. The number of aryl methyl sites for hydroxylation is 1. The standard InChI is InChI=1S/C11H14N2OS/c1-3-4-9(7-12)13-11(14)10-6-5-8(2)15-10/h5-6,9H,3-4H2,1-2H3,(H,13,14). The average molecular weight is 222 g/mol. The van der Waals surface area contributed by atoms with Crippen molar-refractivity contribution in [3.8, 4) is 6.07 Å². The maximum absolute atomic E-state index is 11.7. The SMILES string of the molecule is CCCC(C#N)NC(=O)c1ccc(C)s1. The van der Waals surface area contributed by atoms with Gasteiger partial charge in [-0.1, -0.05) is 13.3 Å². The van der Waals surface area contributed by atoms with Gasteiger partial charge in [-0.05, 0) is 25.5 Å². The van der Waals surface area contributed by atoms with Crippen LogP contribution in [0.1, 0.15) is 34.3 Å². The van der Waals surface area contributed by atoms with Crippen molar-refractivity contribution in [2.45, 2.75) is 32.7 Å². The van der Waals surface area contributed by atoms with Crippen molar-refractivity contribution < 1.29 is 4.79 Å². The zero-order valence-electron chi connectivity index (χ0n) is 8.91. The molecule has 0 aliphatic rings. The van der Waals surface area contributed by atoms with Gasteiger partial charge in [-0.25, -0.2) is 0 Å². The summed E-state index contributed by atoms with van der Waals surface area (Å²) >= 11 is 1.44. The number of carbonyl (C=O) groups is 1. The van der Waals surface area contributed by atoms with Crippen LogP contribution in [-0.2, 0) is 0 Å². The quantitative estimate of drug-likeness (QED) is 0.850. The molecule has 0 saturated heterocycles. The lowest BCUT2D eigenvalue weighted by Gasteiger charge is -2.08. The molecule has 4 heteroatoms. The van der Waals surface area contributed by atoms with Crippen LogP contribution in [0.25, 0.3) is 0 Å². The van der Waals surface area contributed by atoms with Crippen molar-refractivity contribution in [2.75, 3.05) is 0 Å². The topological polar surface area (TPSA) is 52.9 Å². The highest BCUT2D eigenvalue weighted by Gasteiger charge is 2.13. The average Bonchev–Trinajstić information content (AvgIpc) is 2.64. The Bertz CT molecular complexity index is 378. The number of nitrogens with zero attached hydrogens (tertiary/aromatic N) is 1. The van der Waals surface area contributed by atoms with Crippen molar-refractivity contribution in [1.29, 1.82) is 5.26 Å². The number of carbonyl (C=O) groups excluding carboxylic acids is 1. The Hall–Kier alpha value is -1.34. The van der Waals surface area contributed by atoms with E-state index in [0.717, 1.165) is 11.3 Å². The number of hydrogen-bond donors (Lipinski definition) is 1. The minimum Gasteiger partial charge on any atom is -0.336 e. The van der Waals surface area contributed by atoms with Crippen LogP contribution in [0.4, 0.5) is 0 Å². The first-order valence-corrected chi connectivity index (χ1v) is 5.76. The molecule has 0 aliphatic heterocycles. The van der Waals surface area contributed by atoms with E-state index in [1.807, 2.05) is 19.9 Å². The fraction of sp³-hybridized carbons (Fsp3) is 0.455. The Labute approximate surface area is 93.7 Å². The first-order valence-electron chi connectivity index (χ1n) is 4.94. The van der Waals surface area contributed by atoms with Crippen molar-refractivity contribution in [1.82, 2.24) is 5.32 Å². The molecule has 0 aromatic carbocycles. The van der Waals surface area contributed by atoms with Crippen LogP contribution in [0, 0.1) is 18.3 Å². The summed E-state index contributed by atoms with van der Waals surface area (Å²) in [5.41, 5.74) is 0. The Morgan fingerprint density at radius 2 is 2.40 bits per heavy atom. The zero-order chi connectivity index (χ0) is 11.3. The van der Waals surface area contributed by atoms with Gasteiger partial charge < -0.3 is 5.32 Å². The Morgan fingerprint density at radius 1 is 1.67 bits per heavy atom. The van der Waals surface area contributed by atoms with Crippen LogP contribution < -0.4 is 5.32 Å². The molecule has 80 valence electrons. The number of hydrogen-bond acceptors (Lipinski definition) is 3. The molecule has 1 aromatic rings. The predicted octanol–water partition coefficient (Wildman–Crippen LogP) is 2.48. The largest absolute Gasteiger partial charge is 0.336 e. The van der Waals surface area contributed by atoms with Crippen LogP contribution >= 0.6 is 11.3 Å². The third-order valence-corrected chi connectivity index (χ3v) is 3.00. The highest BCUT2D eigenvalue weighted by Crippen LogP contribution is 2.15. The maximum atomic E-state index is 11.7. The molecule has 0 bridgehead atoms. The smallest absolute Gasteiger partial charge is 0.262 e. The fourth-order valence-electron chi connectivity index (χ4n) is 1.24. The summed E-state index contributed by atoms with van der Waals surface area (Å²) in [6.45, 7) is 3.95. The molecule has 1 amide bonds. The van der Waals surface area contributed by atoms with Gasteiger partial charge in [-0.3, -0.25) is 4.79 Å². The third-order valence-electron chi connectivity index (χ3n) is 2.00. The highest BCUT2D eigenvalue weighted by atomic mass is 32.1. The van der Waals surface area contributed by atoms with Gasteiger partial charge in [0.05, 0.1) is 10.9 Å². The molecule has 1 heterocycles. The van der Waals surface area contributed by atoms with Crippen LogP contribution in [0.2, 0.25) is 0 Å². The summed E-state index contributed by atoms with van der Waals surface area (Å²) in [6, 6.07) is 5.40. The van der Waals surface area contributed by atoms with Gasteiger partial charge in [0, 0.05) is 4.88 Å². The third kappa shape index (κ3) is 3.37. The van der Waals surface area contributed by atoms with Crippen LogP contribution in [0.15, 0.2) is 12.1 Å². The Kier molecular flexibility index (Phi) is 4.32. The van der Waals surface area contributed by atoms with Crippen LogP contribution in [0.5, 0.6) is 0 Å². The number of rotatable bonds is 4. The fourth-order valence-corrected chi connectivity index (χ4v) is 2.01. The molecule has 1 N–H and O–H groups in total. The molecule has 0 radical (unpaired) electrons. The van der Waals surface area contributed by atoms with Gasteiger partial charge in [-0.15, -0.1) is 11.3 Å². The van der Waals surface area contributed by atoms with E-state index in [1.165, 1.54) is 11.3 Å².